The van der Waals surface area contributed by atoms with Crippen LogP contribution in [0.2, 0.25) is 0 Å². The number of hydrogen-bond donors (Lipinski definition) is 5. The molecule has 0 aromatic heterocycles. The molecular formula is C22H31FN4O4. The van der Waals surface area contributed by atoms with Crippen molar-refractivity contribution in [1.29, 1.82) is 0 Å². The van der Waals surface area contributed by atoms with E-state index in [1.807, 2.05) is 0 Å². The minimum atomic E-state index is -1.61. The molecule has 2 saturated carbocycles. The van der Waals surface area contributed by atoms with E-state index in [9.17, 15) is 18.8 Å². The highest BCUT2D eigenvalue weighted by Crippen LogP contribution is 2.32. The molecule has 31 heavy (non-hydrogen) atoms. The second kappa shape index (κ2) is 9.64. The molecule has 3 rings (SSSR count). The van der Waals surface area contributed by atoms with Gasteiger partial charge < -0.3 is 26.8 Å². The first kappa shape index (κ1) is 23.0. The van der Waals surface area contributed by atoms with Crippen molar-refractivity contribution in [2.45, 2.75) is 63.5 Å². The molecule has 8 nitrogen and oxygen atoms in total. The lowest BCUT2D eigenvalue weighted by Crippen LogP contribution is -2.51. The number of Topliss-reactive ketones (excluding diaryl/α,β-unsaturated/α-hetero) is 1. The molecule has 1 aromatic rings. The molecule has 0 saturated heterocycles. The number of benzene rings is 1. The van der Waals surface area contributed by atoms with Gasteiger partial charge in [-0.05, 0) is 50.7 Å². The van der Waals surface area contributed by atoms with Gasteiger partial charge in [0.1, 0.15) is 5.82 Å². The smallest absolute Gasteiger partial charge is 0.305 e. The van der Waals surface area contributed by atoms with Crippen molar-refractivity contribution in [2.24, 2.45) is 11.7 Å². The molecule has 1 atom stereocenters. The maximum absolute atomic E-state index is 14.7. The monoisotopic (exact) mass is 434 g/mol. The number of amides is 1. The van der Waals surface area contributed by atoms with Crippen molar-refractivity contribution in [3.05, 3.63) is 23.5 Å². The molecular weight excluding hydrogens is 403 g/mol. The van der Waals surface area contributed by atoms with Gasteiger partial charge in [-0.25, -0.2) is 4.39 Å². The number of aliphatic carboxylic acids is 1. The van der Waals surface area contributed by atoms with Crippen LogP contribution in [-0.4, -0.2) is 47.4 Å². The number of carboxylic acids is 1. The van der Waals surface area contributed by atoms with E-state index < -0.39 is 42.0 Å². The number of nitrogens with one attached hydrogen (secondary N) is 3. The number of ketones is 1. The Labute approximate surface area is 181 Å². The van der Waals surface area contributed by atoms with E-state index in [1.165, 1.54) is 13.0 Å². The zero-order valence-corrected chi connectivity index (χ0v) is 17.8. The molecule has 0 radical (unpaired) electrons. The molecule has 6 N–H and O–H groups in total. The molecule has 0 bridgehead atoms. The van der Waals surface area contributed by atoms with E-state index in [-0.39, 0.29) is 11.6 Å². The first-order valence-corrected chi connectivity index (χ1v) is 10.8. The first-order chi connectivity index (χ1) is 14.7. The van der Waals surface area contributed by atoms with Gasteiger partial charge in [-0.2, -0.15) is 0 Å². The van der Waals surface area contributed by atoms with Crippen LogP contribution >= 0.6 is 0 Å². The normalized spacial score (nSPS) is 18.3. The average Bonchev–Trinajstić information content (AvgIpc) is 3.38. The summed E-state index contributed by atoms with van der Waals surface area (Å²) in [6, 6.07) is 2.99. The maximum Gasteiger partial charge on any atom is 0.305 e. The lowest BCUT2D eigenvalue weighted by atomic mass is 9.93. The quantitative estimate of drug-likeness (QED) is 0.361. The summed E-state index contributed by atoms with van der Waals surface area (Å²) in [6.45, 7) is 1.56. The van der Waals surface area contributed by atoms with Gasteiger partial charge in [-0.3, -0.25) is 14.4 Å². The maximum atomic E-state index is 14.7. The second-order valence-electron chi connectivity index (χ2n) is 8.92. The molecule has 9 heteroatoms. The van der Waals surface area contributed by atoms with Crippen LogP contribution < -0.4 is 21.7 Å². The summed E-state index contributed by atoms with van der Waals surface area (Å²) < 4.78 is 14.7. The van der Waals surface area contributed by atoms with E-state index >= 15 is 0 Å². The molecule has 1 amide bonds. The molecule has 0 heterocycles. The lowest BCUT2D eigenvalue weighted by Gasteiger charge is -2.22. The van der Waals surface area contributed by atoms with Crippen molar-refractivity contribution in [1.82, 2.24) is 5.32 Å². The van der Waals surface area contributed by atoms with Crippen LogP contribution in [0.25, 0.3) is 0 Å². The van der Waals surface area contributed by atoms with Crippen molar-refractivity contribution in [3.8, 4) is 0 Å². The third kappa shape index (κ3) is 6.40. The van der Waals surface area contributed by atoms with Gasteiger partial charge in [0, 0.05) is 18.3 Å². The van der Waals surface area contributed by atoms with Crippen LogP contribution in [0.4, 0.5) is 15.8 Å². The van der Waals surface area contributed by atoms with Crippen LogP contribution in [0.1, 0.15) is 62.2 Å². The Bertz CT molecular complexity index is 848. The predicted molar refractivity (Wildman–Crippen MR) is 116 cm³/mol. The number of hydrogen-bond acceptors (Lipinski definition) is 6. The number of carbonyl (C=O) groups is 3. The largest absolute Gasteiger partial charge is 0.481 e. The molecule has 0 aliphatic heterocycles. The standard InChI is InChI=1S/C22H31FN4O4/c1-22(24,10-20(29)30)19(28)12-26-21(31)15-8-16(23)18(25-11-13-6-7-13)9-17(15)27-14-4-2-3-5-14/h8-9,13-14,25,27H,2-7,10-12,24H2,1H3,(H,26,31)(H,29,30). The van der Waals surface area contributed by atoms with Crippen molar-refractivity contribution < 1.29 is 23.9 Å². The van der Waals surface area contributed by atoms with Gasteiger partial charge >= 0.3 is 5.97 Å². The average molecular weight is 435 g/mol. The number of nitrogens with two attached hydrogens (primary N) is 1. The van der Waals surface area contributed by atoms with Crippen molar-refractivity contribution in [2.75, 3.05) is 23.7 Å². The fraction of sp³-hybridized carbons (Fsp3) is 0.591. The van der Waals surface area contributed by atoms with Crippen LogP contribution in [0.5, 0.6) is 0 Å². The number of rotatable bonds is 11. The highest BCUT2D eigenvalue weighted by atomic mass is 19.1. The van der Waals surface area contributed by atoms with Gasteiger partial charge in [0.25, 0.3) is 5.91 Å². The van der Waals surface area contributed by atoms with Gasteiger partial charge in [0.2, 0.25) is 0 Å². The van der Waals surface area contributed by atoms with Crippen LogP contribution in [-0.2, 0) is 9.59 Å². The Kier molecular flexibility index (Phi) is 7.15. The number of carboxylic acid groups (broad SMARTS) is 1. The minimum absolute atomic E-state index is 0.103. The van der Waals surface area contributed by atoms with Crippen LogP contribution in [0.15, 0.2) is 12.1 Å². The Morgan fingerprint density at radius 1 is 1.16 bits per heavy atom. The topological polar surface area (TPSA) is 134 Å². The molecule has 170 valence electrons. The number of carbonyl (C=O) groups excluding carboxylic acids is 2. The van der Waals surface area contributed by atoms with E-state index in [0.29, 0.717) is 23.8 Å². The van der Waals surface area contributed by atoms with E-state index in [0.717, 1.165) is 38.5 Å². The summed E-state index contributed by atoms with van der Waals surface area (Å²) in [5.41, 5.74) is 5.12. The SMILES string of the molecule is CC(N)(CC(=O)O)C(=O)CNC(=O)c1cc(F)c(NCC2CC2)cc1NC1CCCC1. The molecule has 2 aliphatic carbocycles. The Hall–Kier alpha value is -2.68. The van der Waals surface area contributed by atoms with Crippen LogP contribution in [0.3, 0.4) is 0 Å². The third-order valence-corrected chi connectivity index (χ3v) is 5.91. The van der Waals surface area contributed by atoms with Gasteiger partial charge in [-0.1, -0.05) is 12.8 Å². The third-order valence-electron chi connectivity index (χ3n) is 5.91. The summed E-state index contributed by atoms with van der Waals surface area (Å²) in [7, 11) is 0. The van der Waals surface area contributed by atoms with Gasteiger partial charge in [-0.15, -0.1) is 0 Å². The van der Waals surface area contributed by atoms with E-state index in [1.54, 1.807) is 6.07 Å². The van der Waals surface area contributed by atoms with Crippen molar-refractivity contribution >= 4 is 29.0 Å². The Morgan fingerprint density at radius 2 is 1.84 bits per heavy atom. The zero-order valence-electron chi connectivity index (χ0n) is 17.8. The molecule has 1 aromatic carbocycles. The molecule has 2 fully saturated rings. The highest BCUT2D eigenvalue weighted by molar-refractivity contribution is 6.03. The van der Waals surface area contributed by atoms with Gasteiger partial charge in [0.15, 0.2) is 5.78 Å². The lowest BCUT2D eigenvalue weighted by molar-refractivity contribution is -0.140. The molecule has 2 aliphatic rings. The fourth-order valence-corrected chi connectivity index (χ4v) is 3.75. The van der Waals surface area contributed by atoms with Crippen LogP contribution in [0, 0.1) is 11.7 Å². The number of anilines is 2. The molecule has 0 spiro atoms. The summed E-state index contributed by atoms with van der Waals surface area (Å²) in [5, 5.41) is 17.8. The first-order valence-electron chi connectivity index (χ1n) is 10.8. The van der Waals surface area contributed by atoms with Crippen molar-refractivity contribution in [3.63, 3.8) is 0 Å². The highest BCUT2D eigenvalue weighted by Gasteiger charge is 2.31. The number of halogens is 1. The van der Waals surface area contributed by atoms with Gasteiger partial charge in [0.05, 0.1) is 29.8 Å². The minimum Gasteiger partial charge on any atom is -0.481 e. The Balaban J connectivity index is 1.73. The summed E-state index contributed by atoms with van der Waals surface area (Å²) >= 11 is 0. The van der Waals surface area contributed by atoms with E-state index in [4.69, 9.17) is 10.8 Å². The zero-order chi connectivity index (χ0) is 22.6. The summed E-state index contributed by atoms with van der Waals surface area (Å²) in [5.74, 6) is -2.41. The summed E-state index contributed by atoms with van der Waals surface area (Å²) in [4.78, 5) is 35.9. The fourth-order valence-electron chi connectivity index (χ4n) is 3.75. The second-order valence-corrected chi connectivity index (χ2v) is 8.92. The Morgan fingerprint density at radius 3 is 2.45 bits per heavy atom. The molecule has 1 unspecified atom stereocenters. The van der Waals surface area contributed by atoms with E-state index in [2.05, 4.69) is 16.0 Å². The predicted octanol–water partition coefficient (Wildman–Crippen LogP) is 2.49. The summed E-state index contributed by atoms with van der Waals surface area (Å²) in [6.07, 6.45) is 5.87.